The van der Waals surface area contributed by atoms with Crippen LogP contribution < -0.4 is 11.1 Å². The Balaban J connectivity index is 1.74. The molecular formula is C18H20N4O3S2. The topological polar surface area (TPSA) is 115 Å². The first-order valence-electron chi connectivity index (χ1n) is 8.21. The molecule has 2 aromatic heterocycles. The van der Waals surface area contributed by atoms with E-state index in [0.717, 1.165) is 22.2 Å². The van der Waals surface area contributed by atoms with Crippen LogP contribution in [0.4, 0.5) is 5.69 Å². The van der Waals surface area contributed by atoms with E-state index in [1.54, 1.807) is 24.3 Å². The number of sulfone groups is 1. The van der Waals surface area contributed by atoms with E-state index in [1.807, 2.05) is 13.8 Å². The van der Waals surface area contributed by atoms with Gasteiger partial charge in [-0.2, -0.15) is 5.10 Å². The minimum Gasteiger partial charge on any atom is -0.397 e. The Hall–Kier alpha value is -2.52. The molecule has 142 valence electrons. The highest BCUT2D eigenvalue weighted by molar-refractivity contribution is 7.89. The van der Waals surface area contributed by atoms with Crippen molar-refractivity contribution in [3.63, 3.8) is 0 Å². The lowest BCUT2D eigenvalue weighted by Gasteiger charge is -2.06. The van der Waals surface area contributed by atoms with E-state index in [1.165, 1.54) is 17.6 Å². The van der Waals surface area contributed by atoms with Crippen molar-refractivity contribution in [2.45, 2.75) is 26.1 Å². The SMILES string of the molecule is Cc1nnc2sc(C(=O)NCc3ccc(CS(C)(=O)=O)cc3)c(N)c2c1C. The zero-order valence-corrected chi connectivity index (χ0v) is 16.9. The maximum absolute atomic E-state index is 12.6. The molecular weight excluding hydrogens is 384 g/mol. The number of aryl methyl sites for hydroxylation is 2. The minimum absolute atomic E-state index is 0.00222. The molecule has 0 atom stereocenters. The monoisotopic (exact) mass is 404 g/mol. The molecule has 27 heavy (non-hydrogen) atoms. The Morgan fingerprint density at radius 2 is 1.78 bits per heavy atom. The third kappa shape index (κ3) is 4.25. The summed E-state index contributed by atoms with van der Waals surface area (Å²) >= 11 is 1.22. The second-order valence-corrected chi connectivity index (χ2v) is 9.64. The van der Waals surface area contributed by atoms with Gasteiger partial charge in [-0.25, -0.2) is 8.42 Å². The van der Waals surface area contributed by atoms with Crippen molar-refractivity contribution in [2.24, 2.45) is 0 Å². The Morgan fingerprint density at radius 1 is 1.15 bits per heavy atom. The van der Waals surface area contributed by atoms with Crippen LogP contribution in [0.15, 0.2) is 24.3 Å². The fourth-order valence-electron chi connectivity index (χ4n) is 2.73. The Labute approximate surface area is 161 Å². The highest BCUT2D eigenvalue weighted by Gasteiger charge is 2.19. The van der Waals surface area contributed by atoms with Gasteiger partial charge in [0.25, 0.3) is 5.91 Å². The lowest BCUT2D eigenvalue weighted by Crippen LogP contribution is -2.22. The molecule has 1 aromatic carbocycles. The van der Waals surface area contributed by atoms with E-state index < -0.39 is 9.84 Å². The number of hydrogen-bond donors (Lipinski definition) is 2. The number of rotatable bonds is 5. The number of hydrogen-bond acceptors (Lipinski definition) is 7. The summed E-state index contributed by atoms with van der Waals surface area (Å²) in [6, 6.07) is 7.10. The first-order chi connectivity index (χ1) is 12.7. The van der Waals surface area contributed by atoms with E-state index in [0.29, 0.717) is 27.5 Å². The fraction of sp³-hybridized carbons (Fsp3) is 0.278. The van der Waals surface area contributed by atoms with Crippen LogP contribution in [0, 0.1) is 13.8 Å². The normalized spacial score (nSPS) is 11.7. The average Bonchev–Trinajstić information content (AvgIpc) is 2.93. The van der Waals surface area contributed by atoms with Gasteiger partial charge in [-0.15, -0.1) is 16.4 Å². The van der Waals surface area contributed by atoms with Gasteiger partial charge in [-0.1, -0.05) is 24.3 Å². The van der Waals surface area contributed by atoms with E-state index in [2.05, 4.69) is 15.5 Å². The van der Waals surface area contributed by atoms with Gasteiger partial charge in [0.15, 0.2) is 9.84 Å². The van der Waals surface area contributed by atoms with E-state index >= 15 is 0 Å². The number of carbonyl (C=O) groups is 1. The number of nitrogens with one attached hydrogen (secondary N) is 1. The number of anilines is 1. The zero-order chi connectivity index (χ0) is 19.8. The Bertz CT molecular complexity index is 1120. The zero-order valence-electron chi connectivity index (χ0n) is 15.2. The fourth-order valence-corrected chi connectivity index (χ4v) is 4.54. The summed E-state index contributed by atoms with van der Waals surface area (Å²) in [6.45, 7) is 4.08. The molecule has 3 rings (SSSR count). The number of fused-ring (bicyclic) bond motifs is 1. The van der Waals surface area contributed by atoms with Crippen LogP contribution >= 0.6 is 11.3 Å². The van der Waals surface area contributed by atoms with Gasteiger partial charge < -0.3 is 11.1 Å². The summed E-state index contributed by atoms with van der Waals surface area (Å²) in [4.78, 5) is 13.6. The molecule has 0 aliphatic rings. The third-order valence-electron chi connectivity index (χ3n) is 4.25. The van der Waals surface area contributed by atoms with Crippen molar-refractivity contribution in [2.75, 3.05) is 12.0 Å². The van der Waals surface area contributed by atoms with Crippen LogP contribution in [0.5, 0.6) is 0 Å². The van der Waals surface area contributed by atoms with Gasteiger partial charge in [0, 0.05) is 18.2 Å². The second kappa shape index (κ2) is 7.24. The quantitative estimate of drug-likeness (QED) is 0.675. The molecule has 7 nitrogen and oxygen atoms in total. The second-order valence-electron chi connectivity index (χ2n) is 6.50. The van der Waals surface area contributed by atoms with Crippen molar-refractivity contribution in [1.82, 2.24) is 15.5 Å². The molecule has 1 amide bonds. The molecule has 3 N–H and O–H groups in total. The molecule has 0 radical (unpaired) electrons. The third-order valence-corrected chi connectivity index (χ3v) is 6.19. The highest BCUT2D eigenvalue weighted by Crippen LogP contribution is 2.34. The number of amides is 1. The summed E-state index contributed by atoms with van der Waals surface area (Å²) in [5.41, 5.74) is 9.90. The van der Waals surface area contributed by atoms with Crippen molar-refractivity contribution < 1.29 is 13.2 Å². The van der Waals surface area contributed by atoms with Gasteiger partial charge in [0.2, 0.25) is 0 Å². The number of thiophene rings is 1. The molecule has 9 heteroatoms. The Kier molecular flexibility index (Phi) is 5.16. The summed E-state index contributed by atoms with van der Waals surface area (Å²) in [5, 5.41) is 11.8. The van der Waals surface area contributed by atoms with Gasteiger partial charge in [-0.3, -0.25) is 4.79 Å². The lowest BCUT2D eigenvalue weighted by atomic mass is 10.1. The van der Waals surface area contributed by atoms with Crippen LogP contribution in [0.2, 0.25) is 0 Å². The minimum atomic E-state index is -3.07. The number of benzene rings is 1. The number of nitrogen functional groups attached to an aromatic ring is 1. The molecule has 0 saturated heterocycles. The summed E-state index contributed by atoms with van der Waals surface area (Å²) in [6.07, 6.45) is 1.20. The van der Waals surface area contributed by atoms with Crippen LogP contribution in [0.25, 0.3) is 10.2 Å². The van der Waals surface area contributed by atoms with Gasteiger partial charge in [0.1, 0.15) is 9.71 Å². The molecule has 0 fully saturated rings. The number of aromatic nitrogens is 2. The van der Waals surface area contributed by atoms with Gasteiger partial charge >= 0.3 is 0 Å². The first-order valence-corrected chi connectivity index (χ1v) is 11.1. The molecule has 0 aliphatic heterocycles. The van der Waals surface area contributed by atoms with E-state index in [-0.39, 0.29) is 11.7 Å². The van der Waals surface area contributed by atoms with E-state index in [9.17, 15) is 13.2 Å². The number of carbonyl (C=O) groups excluding carboxylic acids is 1. The first kappa shape index (κ1) is 19.2. The molecule has 2 heterocycles. The smallest absolute Gasteiger partial charge is 0.263 e. The van der Waals surface area contributed by atoms with Crippen molar-refractivity contribution in [3.05, 3.63) is 51.5 Å². The molecule has 0 unspecified atom stereocenters. The van der Waals surface area contributed by atoms with Crippen LogP contribution in [-0.2, 0) is 22.1 Å². The predicted octanol–water partition coefficient (Wildman–Crippen LogP) is 2.36. The maximum atomic E-state index is 12.6. The van der Waals surface area contributed by atoms with Crippen LogP contribution in [0.3, 0.4) is 0 Å². The van der Waals surface area contributed by atoms with Gasteiger partial charge in [-0.05, 0) is 30.5 Å². The molecule has 0 aliphatic carbocycles. The van der Waals surface area contributed by atoms with Crippen molar-refractivity contribution in [3.8, 4) is 0 Å². The van der Waals surface area contributed by atoms with E-state index in [4.69, 9.17) is 5.73 Å². The molecule has 3 aromatic rings. The summed E-state index contributed by atoms with van der Waals surface area (Å²) in [5.74, 6) is -0.273. The number of nitrogens with zero attached hydrogens (tertiary/aromatic N) is 2. The largest absolute Gasteiger partial charge is 0.397 e. The standard InChI is InChI=1S/C18H20N4O3S2/c1-10-11(2)21-22-18-14(10)15(19)16(26-18)17(23)20-8-12-4-6-13(7-5-12)9-27(3,24)25/h4-7H,8-9,19H2,1-3H3,(H,20,23). The molecule has 0 saturated carbocycles. The summed E-state index contributed by atoms with van der Waals surface area (Å²) in [7, 11) is -3.07. The highest BCUT2D eigenvalue weighted by atomic mass is 32.2. The molecule has 0 spiro atoms. The lowest BCUT2D eigenvalue weighted by molar-refractivity contribution is 0.0956. The van der Waals surface area contributed by atoms with Crippen LogP contribution in [0.1, 0.15) is 32.1 Å². The van der Waals surface area contributed by atoms with Crippen molar-refractivity contribution in [1.29, 1.82) is 0 Å². The predicted molar refractivity (Wildman–Crippen MR) is 107 cm³/mol. The number of nitrogens with two attached hydrogens (primary N) is 1. The van der Waals surface area contributed by atoms with Crippen LogP contribution in [-0.4, -0.2) is 30.8 Å². The van der Waals surface area contributed by atoms with Crippen molar-refractivity contribution >= 4 is 43.0 Å². The average molecular weight is 405 g/mol. The van der Waals surface area contributed by atoms with Gasteiger partial charge in [0.05, 0.1) is 17.1 Å². The molecule has 0 bridgehead atoms. The summed E-state index contributed by atoms with van der Waals surface area (Å²) < 4.78 is 22.7. The maximum Gasteiger partial charge on any atom is 0.263 e. The Morgan fingerprint density at radius 3 is 2.41 bits per heavy atom.